The van der Waals surface area contributed by atoms with Crippen LogP contribution in [0.3, 0.4) is 0 Å². The molecule has 1 aliphatic rings. The number of aliphatic hydroxyl groups excluding tert-OH is 1. The fraction of sp³-hybridized carbons (Fsp3) is 0.333. The highest BCUT2D eigenvalue weighted by molar-refractivity contribution is 6.36. The van der Waals surface area contributed by atoms with E-state index in [1.165, 1.54) is 12.8 Å². The summed E-state index contributed by atoms with van der Waals surface area (Å²) >= 11 is 6.42. The van der Waals surface area contributed by atoms with Crippen LogP contribution in [0.15, 0.2) is 36.4 Å². The first kappa shape index (κ1) is 16.1. The van der Waals surface area contributed by atoms with Crippen molar-refractivity contribution in [3.63, 3.8) is 0 Å². The van der Waals surface area contributed by atoms with Crippen LogP contribution in [0.5, 0.6) is 0 Å². The summed E-state index contributed by atoms with van der Waals surface area (Å²) in [6.45, 7) is 0.129. The van der Waals surface area contributed by atoms with Crippen LogP contribution < -0.4 is 11.1 Å². The lowest BCUT2D eigenvalue weighted by molar-refractivity contribution is 0.142. The molecule has 1 unspecified atom stereocenters. The maximum Gasteiger partial charge on any atom is 0.119 e. The molecule has 3 nitrogen and oxygen atoms in total. The van der Waals surface area contributed by atoms with Gasteiger partial charge in [0.1, 0.15) is 12.8 Å². The summed E-state index contributed by atoms with van der Waals surface area (Å²) in [6.07, 6.45) is 1.46. The van der Waals surface area contributed by atoms with Crippen molar-refractivity contribution in [2.45, 2.75) is 18.9 Å². The monoisotopic (exact) mass is 334 g/mol. The Morgan fingerprint density at radius 2 is 1.91 bits per heavy atom. The second kappa shape index (κ2) is 6.77. The van der Waals surface area contributed by atoms with E-state index in [0.717, 1.165) is 29.3 Å². The average Bonchev–Trinajstić information content (AvgIpc) is 3.40. The molecule has 0 bridgehead atoms. The smallest absolute Gasteiger partial charge is 0.119 e. The first-order valence-electron chi connectivity index (χ1n) is 7.76. The molecular formula is C18H20ClFN2O. The summed E-state index contributed by atoms with van der Waals surface area (Å²) in [5, 5.41) is 13.4. The fourth-order valence-corrected chi connectivity index (χ4v) is 2.79. The number of hydrogen-bond acceptors (Lipinski definition) is 3. The minimum Gasteiger partial charge on any atom is -0.396 e. The Morgan fingerprint density at radius 1 is 1.22 bits per heavy atom. The van der Waals surface area contributed by atoms with Gasteiger partial charge < -0.3 is 16.2 Å². The van der Waals surface area contributed by atoms with Crippen LogP contribution in [-0.4, -0.2) is 18.3 Å². The van der Waals surface area contributed by atoms with Crippen LogP contribution in [0.1, 0.15) is 24.5 Å². The molecule has 0 heterocycles. The Morgan fingerprint density at radius 3 is 2.52 bits per heavy atom. The molecule has 1 aliphatic carbocycles. The summed E-state index contributed by atoms with van der Waals surface area (Å²) in [7, 11) is 0. The molecule has 122 valence electrons. The summed E-state index contributed by atoms with van der Waals surface area (Å²) in [5.41, 5.74) is 9.79. The van der Waals surface area contributed by atoms with Crippen LogP contribution >= 0.6 is 11.6 Å². The highest BCUT2D eigenvalue weighted by atomic mass is 35.5. The van der Waals surface area contributed by atoms with Crippen LogP contribution in [0.2, 0.25) is 5.02 Å². The van der Waals surface area contributed by atoms with E-state index >= 15 is 0 Å². The van der Waals surface area contributed by atoms with Gasteiger partial charge in [-0.1, -0.05) is 41.9 Å². The molecule has 3 rings (SSSR count). The molecule has 0 amide bonds. The highest BCUT2D eigenvalue weighted by Crippen LogP contribution is 2.38. The van der Waals surface area contributed by atoms with Crippen LogP contribution in [0.25, 0.3) is 11.1 Å². The second-order valence-electron chi connectivity index (χ2n) is 6.00. The molecule has 0 spiro atoms. The third-order valence-corrected chi connectivity index (χ3v) is 4.62. The van der Waals surface area contributed by atoms with E-state index in [0.29, 0.717) is 16.3 Å². The average molecular weight is 335 g/mol. The van der Waals surface area contributed by atoms with Crippen molar-refractivity contribution in [3.8, 4) is 11.1 Å². The van der Waals surface area contributed by atoms with Crippen molar-refractivity contribution in [1.82, 2.24) is 0 Å². The molecule has 0 saturated heterocycles. The number of nitrogens with one attached hydrogen (secondary N) is 1. The van der Waals surface area contributed by atoms with Gasteiger partial charge in [-0.3, -0.25) is 0 Å². The van der Waals surface area contributed by atoms with E-state index in [2.05, 4.69) is 5.32 Å². The molecule has 4 N–H and O–H groups in total. The van der Waals surface area contributed by atoms with E-state index < -0.39 is 12.8 Å². The molecule has 0 aliphatic heterocycles. The van der Waals surface area contributed by atoms with Gasteiger partial charge >= 0.3 is 0 Å². The molecule has 2 aromatic carbocycles. The normalized spacial score (nSPS) is 15.4. The van der Waals surface area contributed by atoms with E-state index in [4.69, 9.17) is 17.3 Å². The summed E-state index contributed by atoms with van der Waals surface area (Å²) in [5.74, 6) is 0.752. The zero-order valence-corrected chi connectivity index (χ0v) is 13.5. The molecule has 1 fully saturated rings. The van der Waals surface area contributed by atoms with Gasteiger partial charge in [-0.15, -0.1) is 0 Å². The zero-order chi connectivity index (χ0) is 16.4. The first-order valence-corrected chi connectivity index (χ1v) is 8.14. The maximum absolute atomic E-state index is 12.5. The largest absolute Gasteiger partial charge is 0.396 e. The minimum absolute atomic E-state index is 0.504. The standard InChI is InChI=1S/C18H20ClFN2O/c19-17-14(12-3-5-13(6-4-12)16(23)9-20)7-8-15(18(17)21)22-10-11-1-2-11/h3-8,11,16,22-23H,1-2,9-10,21H2. The first-order chi connectivity index (χ1) is 11.1. The lowest BCUT2D eigenvalue weighted by atomic mass is 10.0. The predicted octanol–water partition coefficient (Wildman–Crippen LogP) is 4.41. The van der Waals surface area contributed by atoms with Gasteiger partial charge in [0.2, 0.25) is 0 Å². The van der Waals surface area contributed by atoms with Gasteiger partial charge in [0.05, 0.1) is 16.4 Å². The number of aliphatic hydroxyl groups is 1. The molecule has 1 atom stereocenters. The zero-order valence-electron chi connectivity index (χ0n) is 12.7. The lowest BCUT2D eigenvalue weighted by Gasteiger charge is -2.14. The lowest BCUT2D eigenvalue weighted by Crippen LogP contribution is -2.06. The van der Waals surface area contributed by atoms with Gasteiger partial charge in [-0.25, -0.2) is 4.39 Å². The summed E-state index contributed by atoms with van der Waals surface area (Å²) < 4.78 is 12.5. The molecular weight excluding hydrogens is 315 g/mol. The predicted molar refractivity (Wildman–Crippen MR) is 93.4 cm³/mol. The fourth-order valence-electron chi connectivity index (χ4n) is 2.52. The van der Waals surface area contributed by atoms with Crippen molar-refractivity contribution >= 4 is 23.0 Å². The number of rotatable bonds is 6. The maximum atomic E-state index is 12.5. The van der Waals surface area contributed by atoms with E-state index in [9.17, 15) is 9.50 Å². The van der Waals surface area contributed by atoms with Crippen molar-refractivity contribution < 1.29 is 9.50 Å². The number of nitrogens with two attached hydrogens (primary N) is 1. The third-order valence-electron chi connectivity index (χ3n) is 4.21. The molecule has 23 heavy (non-hydrogen) atoms. The number of hydrogen-bond donors (Lipinski definition) is 3. The SMILES string of the molecule is Nc1c(NCC2CC2)ccc(-c2ccc(C(O)CF)cc2)c1Cl. The molecule has 1 saturated carbocycles. The van der Waals surface area contributed by atoms with Crippen LogP contribution in [-0.2, 0) is 0 Å². The Balaban J connectivity index is 1.82. The van der Waals surface area contributed by atoms with Gasteiger partial charge in [-0.05, 0) is 36.0 Å². The van der Waals surface area contributed by atoms with Gasteiger partial charge in [0.15, 0.2) is 0 Å². The summed E-state index contributed by atoms with van der Waals surface area (Å²) in [6, 6.07) is 10.9. The van der Waals surface area contributed by atoms with Crippen LogP contribution in [0.4, 0.5) is 15.8 Å². The number of alkyl halides is 1. The topological polar surface area (TPSA) is 58.3 Å². The minimum atomic E-state index is -1.08. The molecule has 5 heteroatoms. The van der Waals surface area contributed by atoms with Crippen LogP contribution in [0, 0.1) is 5.92 Å². The summed E-state index contributed by atoms with van der Waals surface area (Å²) in [4.78, 5) is 0. The molecule has 0 aromatic heterocycles. The Hall–Kier alpha value is -1.78. The van der Waals surface area contributed by atoms with E-state index in [-0.39, 0.29) is 0 Å². The molecule has 0 radical (unpaired) electrons. The number of anilines is 2. The third kappa shape index (κ3) is 3.59. The second-order valence-corrected chi connectivity index (χ2v) is 6.38. The quantitative estimate of drug-likeness (QED) is 0.686. The van der Waals surface area contributed by atoms with Crippen molar-refractivity contribution in [2.75, 3.05) is 24.3 Å². The number of halogens is 2. The van der Waals surface area contributed by atoms with E-state index in [1.807, 2.05) is 24.3 Å². The molecule has 2 aromatic rings. The van der Waals surface area contributed by atoms with Gasteiger partial charge in [0, 0.05) is 12.1 Å². The van der Waals surface area contributed by atoms with Gasteiger partial charge in [0.25, 0.3) is 0 Å². The van der Waals surface area contributed by atoms with Crippen molar-refractivity contribution in [3.05, 3.63) is 47.0 Å². The van der Waals surface area contributed by atoms with Gasteiger partial charge in [-0.2, -0.15) is 0 Å². The van der Waals surface area contributed by atoms with E-state index in [1.54, 1.807) is 12.1 Å². The number of nitrogen functional groups attached to an aromatic ring is 1. The van der Waals surface area contributed by atoms with Crippen molar-refractivity contribution in [1.29, 1.82) is 0 Å². The Kier molecular flexibility index (Phi) is 4.74. The number of benzene rings is 2. The van der Waals surface area contributed by atoms with Crippen molar-refractivity contribution in [2.24, 2.45) is 5.92 Å². The Bertz CT molecular complexity index is 686. The highest BCUT2D eigenvalue weighted by Gasteiger charge is 2.21. The Labute approximate surface area is 140 Å².